The molecule has 0 bridgehead atoms. The molecule has 1 N–H and O–H groups in total. The number of fused-ring (bicyclic) bond motifs is 1. The number of rotatable bonds is 4. The molecule has 3 rings (SSSR count). The minimum absolute atomic E-state index is 0.534. The molecule has 2 nitrogen and oxygen atoms in total. The highest BCUT2D eigenvalue weighted by molar-refractivity contribution is 6.30. The second-order valence-corrected chi connectivity index (χ2v) is 6.87. The number of hydrogen-bond acceptors (Lipinski definition) is 2. The van der Waals surface area contributed by atoms with Crippen molar-refractivity contribution in [3.8, 4) is 5.75 Å². The lowest BCUT2D eigenvalue weighted by atomic mass is 9.90. The van der Waals surface area contributed by atoms with Gasteiger partial charge in [-0.05, 0) is 61.4 Å². The first kappa shape index (κ1) is 14.2. The molecule has 0 saturated heterocycles. The predicted molar refractivity (Wildman–Crippen MR) is 83.7 cm³/mol. The van der Waals surface area contributed by atoms with Gasteiger partial charge in [0.1, 0.15) is 5.75 Å². The van der Waals surface area contributed by atoms with E-state index in [0.29, 0.717) is 6.04 Å². The quantitative estimate of drug-likeness (QED) is 0.911. The number of ether oxygens (including phenoxy) is 1. The third-order valence-corrected chi connectivity index (χ3v) is 5.16. The lowest BCUT2D eigenvalue weighted by molar-refractivity contribution is 0.340. The molecule has 1 fully saturated rings. The van der Waals surface area contributed by atoms with Crippen LogP contribution in [-0.2, 0) is 12.8 Å². The van der Waals surface area contributed by atoms with Crippen LogP contribution in [0.5, 0.6) is 5.75 Å². The molecule has 2 aliphatic rings. The number of benzene rings is 1. The van der Waals surface area contributed by atoms with E-state index in [2.05, 4.69) is 31.4 Å². The van der Waals surface area contributed by atoms with Gasteiger partial charge in [0.15, 0.2) is 0 Å². The highest BCUT2D eigenvalue weighted by atomic mass is 35.5. The number of halogens is 1. The second-order valence-electron chi connectivity index (χ2n) is 6.43. The Kier molecular flexibility index (Phi) is 4.23. The van der Waals surface area contributed by atoms with Gasteiger partial charge in [-0.15, -0.1) is 0 Å². The molecule has 110 valence electrons. The largest absolute Gasteiger partial charge is 0.493 e. The predicted octanol–water partition coefficient (Wildman–Crippen LogP) is 3.84. The van der Waals surface area contributed by atoms with Gasteiger partial charge in [-0.25, -0.2) is 0 Å². The van der Waals surface area contributed by atoms with Gasteiger partial charge in [0.2, 0.25) is 0 Å². The van der Waals surface area contributed by atoms with Gasteiger partial charge >= 0.3 is 0 Å². The number of hydrogen-bond donors (Lipinski definition) is 1. The van der Waals surface area contributed by atoms with E-state index >= 15 is 0 Å². The van der Waals surface area contributed by atoms with Crippen molar-refractivity contribution in [3.63, 3.8) is 0 Å². The summed E-state index contributed by atoms with van der Waals surface area (Å²) in [6.45, 7) is 3.17. The average molecular weight is 294 g/mol. The number of nitrogens with one attached hydrogen (secondary N) is 1. The molecule has 0 aromatic heterocycles. The van der Waals surface area contributed by atoms with E-state index in [-0.39, 0.29) is 0 Å². The van der Waals surface area contributed by atoms with Crippen LogP contribution in [0.1, 0.15) is 37.3 Å². The maximum Gasteiger partial charge on any atom is 0.125 e. The highest BCUT2D eigenvalue weighted by Crippen LogP contribution is 2.37. The zero-order chi connectivity index (χ0) is 14.1. The fourth-order valence-electron chi connectivity index (χ4n) is 3.86. The Balaban J connectivity index is 1.79. The normalized spacial score (nSPS) is 26.4. The molecule has 0 amide bonds. The first-order chi connectivity index (χ1) is 9.67. The topological polar surface area (TPSA) is 21.3 Å². The van der Waals surface area contributed by atoms with Gasteiger partial charge in [0.25, 0.3) is 0 Å². The summed E-state index contributed by atoms with van der Waals surface area (Å²) in [4.78, 5) is 0. The van der Waals surface area contributed by atoms with Crippen LogP contribution < -0.4 is 10.1 Å². The summed E-state index contributed by atoms with van der Waals surface area (Å²) in [5.41, 5.74) is 2.56. The van der Waals surface area contributed by atoms with Crippen LogP contribution in [0.3, 0.4) is 0 Å². The third-order valence-electron chi connectivity index (χ3n) is 4.94. The Morgan fingerprint density at radius 3 is 2.95 bits per heavy atom. The summed E-state index contributed by atoms with van der Waals surface area (Å²) < 4.78 is 5.83. The lowest BCUT2D eigenvalue weighted by Gasteiger charge is -2.24. The molecule has 1 aromatic carbocycles. The zero-order valence-corrected chi connectivity index (χ0v) is 13.2. The Morgan fingerprint density at radius 2 is 2.25 bits per heavy atom. The van der Waals surface area contributed by atoms with E-state index in [1.807, 2.05) is 0 Å². The van der Waals surface area contributed by atoms with Crippen molar-refractivity contribution in [1.29, 1.82) is 0 Å². The van der Waals surface area contributed by atoms with Gasteiger partial charge in [-0.1, -0.05) is 24.9 Å². The van der Waals surface area contributed by atoms with Gasteiger partial charge in [0, 0.05) is 17.5 Å². The summed E-state index contributed by atoms with van der Waals surface area (Å²) in [5.74, 6) is 2.75. The minimum Gasteiger partial charge on any atom is -0.493 e. The fourth-order valence-corrected chi connectivity index (χ4v) is 4.12. The number of likely N-dealkylation sites (N-methyl/N-ethyl adjacent to an activating group) is 1. The molecule has 20 heavy (non-hydrogen) atoms. The van der Waals surface area contributed by atoms with E-state index in [4.69, 9.17) is 16.3 Å². The Hall–Kier alpha value is -0.730. The van der Waals surface area contributed by atoms with Crippen LogP contribution in [0.15, 0.2) is 12.1 Å². The third kappa shape index (κ3) is 2.82. The molecule has 3 atom stereocenters. The minimum atomic E-state index is 0.534. The first-order valence-electron chi connectivity index (χ1n) is 7.78. The van der Waals surface area contributed by atoms with Crippen LogP contribution >= 0.6 is 11.6 Å². The van der Waals surface area contributed by atoms with E-state index in [1.165, 1.54) is 30.4 Å². The summed E-state index contributed by atoms with van der Waals surface area (Å²) >= 11 is 6.26. The van der Waals surface area contributed by atoms with Gasteiger partial charge in [-0.2, -0.15) is 0 Å². The van der Waals surface area contributed by atoms with Gasteiger partial charge < -0.3 is 10.1 Å². The van der Waals surface area contributed by atoms with E-state index in [9.17, 15) is 0 Å². The Morgan fingerprint density at radius 1 is 1.40 bits per heavy atom. The molecule has 3 unspecified atom stereocenters. The van der Waals surface area contributed by atoms with Crippen molar-refractivity contribution in [2.75, 3.05) is 13.7 Å². The monoisotopic (exact) mass is 293 g/mol. The van der Waals surface area contributed by atoms with Crippen LogP contribution in [-0.4, -0.2) is 19.7 Å². The van der Waals surface area contributed by atoms with Gasteiger partial charge in [0.05, 0.1) is 6.61 Å². The molecule has 0 spiro atoms. The smallest absolute Gasteiger partial charge is 0.125 e. The van der Waals surface area contributed by atoms with Crippen molar-refractivity contribution < 1.29 is 4.74 Å². The molecule has 0 radical (unpaired) electrons. The Labute approximate surface area is 126 Å². The molecule has 1 heterocycles. The van der Waals surface area contributed by atoms with E-state index in [1.54, 1.807) is 0 Å². The SMILES string of the molecule is CNC(Cc1cc(Cl)cc2c1OCC2)C1CCC(C)C1. The van der Waals surface area contributed by atoms with E-state index < -0.39 is 0 Å². The van der Waals surface area contributed by atoms with Crippen LogP contribution in [0, 0.1) is 11.8 Å². The highest BCUT2D eigenvalue weighted by Gasteiger charge is 2.29. The Bertz CT molecular complexity index is 488. The molecule has 1 aromatic rings. The van der Waals surface area contributed by atoms with Crippen LogP contribution in [0.4, 0.5) is 0 Å². The molecule has 1 aliphatic heterocycles. The average Bonchev–Trinajstić information content (AvgIpc) is 3.04. The second kappa shape index (κ2) is 5.95. The van der Waals surface area contributed by atoms with Crippen LogP contribution in [0.25, 0.3) is 0 Å². The summed E-state index contributed by atoms with van der Waals surface area (Å²) in [7, 11) is 2.08. The van der Waals surface area contributed by atoms with Crippen molar-refractivity contribution in [2.45, 2.75) is 45.1 Å². The van der Waals surface area contributed by atoms with E-state index in [0.717, 1.165) is 42.1 Å². The van der Waals surface area contributed by atoms with Crippen molar-refractivity contribution in [3.05, 3.63) is 28.3 Å². The molecule has 1 aliphatic carbocycles. The van der Waals surface area contributed by atoms with Gasteiger partial charge in [-0.3, -0.25) is 0 Å². The zero-order valence-electron chi connectivity index (χ0n) is 12.4. The fraction of sp³-hybridized carbons (Fsp3) is 0.647. The molecular formula is C17H24ClNO. The summed E-state index contributed by atoms with van der Waals surface area (Å²) in [5, 5.41) is 4.37. The molecule has 1 saturated carbocycles. The summed E-state index contributed by atoms with van der Waals surface area (Å²) in [6, 6.07) is 4.68. The maximum atomic E-state index is 6.26. The summed E-state index contributed by atoms with van der Waals surface area (Å²) in [6.07, 6.45) is 6.07. The first-order valence-corrected chi connectivity index (χ1v) is 8.16. The maximum absolute atomic E-state index is 6.26. The molecule has 3 heteroatoms. The molecular weight excluding hydrogens is 270 g/mol. The van der Waals surface area contributed by atoms with Crippen LogP contribution in [0.2, 0.25) is 5.02 Å². The van der Waals surface area contributed by atoms with Crippen molar-refractivity contribution >= 4 is 11.6 Å². The van der Waals surface area contributed by atoms with Crippen molar-refractivity contribution in [1.82, 2.24) is 5.32 Å². The lowest BCUT2D eigenvalue weighted by Crippen LogP contribution is -2.34. The van der Waals surface area contributed by atoms with Crippen molar-refractivity contribution in [2.24, 2.45) is 11.8 Å². The standard InChI is InChI=1S/C17H24ClNO/c1-11-3-4-12(7-11)16(19-2)10-14-9-15(18)8-13-5-6-20-17(13)14/h8-9,11-12,16,19H,3-7,10H2,1-2H3.